The molecule has 0 fully saturated rings. The Hall–Kier alpha value is -0.230. The van der Waals surface area contributed by atoms with E-state index in [0.29, 0.717) is 0 Å². The Morgan fingerprint density at radius 1 is 1.60 bits per heavy atom. The van der Waals surface area contributed by atoms with Crippen molar-refractivity contribution in [2.75, 3.05) is 0 Å². The standard InChI is InChI=1S/C3BrClF2N2O/c4-3(6,7)1-8-2(5)9-10-1. The van der Waals surface area contributed by atoms with Crippen LogP contribution >= 0.6 is 27.5 Å². The zero-order chi connectivity index (χ0) is 7.78. The second-order valence-electron chi connectivity index (χ2n) is 1.37. The topological polar surface area (TPSA) is 38.9 Å². The van der Waals surface area contributed by atoms with Gasteiger partial charge in [-0.25, -0.2) is 0 Å². The van der Waals surface area contributed by atoms with Crippen LogP contribution in [0, 0.1) is 0 Å². The first-order valence-corrected chi connectivity index (χ1v) is 3.23. The Bertz CT molecular complexity index is 235. The lowest BCUT2D eigenvalue weighted by Gasteiger charge is -1.97. The molecule has 0 aromatic carbocycles. The summed E-state index contributed by atoms with van der Waals surface area (Å²) in [5, 5.41) is 2.61. The molecule has 1 rings (SSSR count). The molecule has 1 aromatic heterocycles. The highest BCUT2D eigenvalue weighted by Gasteiger charge is 2.34. The van der Waals surface area contributed by atoms with E-state index in [0.717, 1.165) is 0 Å². The molecular weight excluding hydrogens is 233 g/mol. The van der Waals surface area contributed by atoms with Crippen LogP contribution in [-0.4, -0.2) is 10.1 Å². The minimum absolute atomic E-state index is 0.339. The highest BCUT2D eigenvalue weighted by Crippen LogP contribution is 2.33. The van der Waals surface area contributed by atoms with Gasteiger partial charge in [0.1, 0.15) is 0 Å². The van der Waals surface area contributed by atoms with Gasteiger partial charge in [0.05, 0.1) is 0 Å². The fourth-order valence-electron chi connectivity index (χ4n) is 0.321. The van der Waals surface area contributed by atoms with Crippen molar-refractivity contribution in [2.45, 2.75) is 4.83 Å². The van der Waals surface area contributed by atoms with E-state index in [-0.39, 0.29) is 5.28 Å². The van der Waals surface area contributed by atoms with Gasteiger partial charge in [-0.2, -0.15) is 13.8 Å². The molecule has 10 heavy (non-hydrogen) atoms. The molecule has 0 atom stereocenters. The van der Waals surface area contributed by atoms with Crippen LogP contribution in [-0.2, 0) is 4.83 Å². The summed E-state index contributed by atoms with van der Waals surface area (Å²) in [4.78, 5) is -0.226. The van der Waals surface area contributed by atoms with Crippen LogP contribution in [0.4, 0.5) is 8.78 Å². The van der Waals surface area contributed by atoms with Crippen molar-refractivity contribution in [2.24, 2.45) is 0 Å². The van der Waals surface area contributed by atoms with E-state index in [1.807, 2.05) is 15.9 Å². The van der Waals surface area contributed by atoms with Gasteiger partial charge >= 0.3 is 10.7 Å². The second-order valence-corrected chi connectivity index (χ2v) is 2.70. The van der Waals surface area contributed by atoms with E-state index < -0.39 is 10.7 Å². The zero-order valence-electron chi connectivity index (χ0n) is 4.31. The predicted molar refractivity (Wildman–Crippen MR) is 32.1 cm³/mol. The fraction of sp³-hybridized carbons (Fsp3) is 0.333. The highest BCUT2D eigenvalue weighted by molar-refractivity contribution is 9.09. The maximum atomic E-state index is 12.1. The Morgan fingerprint density at radius 2 is 2.20 bits per heavy atom. The summed E-state index contributed by atoms with van der Waals surface area (Å²) in [6, 6.07) is 0. The van der Waals surface area contributed by atoms with Gasteiger partial charge in [0.25, 0.3) is 5.28 Å². The molecular formula is C3BrClF2N2O. The average Bonchev–Trinajstić information content (AvgIpc) is 2.11. The monoisotopic (exact) mass is 232 g/mol. The SMILES string of the molecule is FC(F)(Br)c1nc(Cl)no1. The normalized spacial score (nSPS) is 12.0. The lowest BCUT2D eigenvalue weighted by atomic mass is 10.7. The molecule has 7 heteroatoms. The fourth-order valence-corrected chi connectivity index (χ4v) is 0.593. The van der Waals surface area contributed by atoms with Crippen LogP contribution < -0.4 is 0 Å². The van der Waals surface area contributed by atoms with Crippen molar-refractivity contribution in [1.82, 2.24) is 10.1 Å². The maximum Gasteiger partial charge on any atom is 0.378 e. The Kier molecular flexibility index (Phi) is 1.91. The van der Waals surface area contributed by atoms with E-state index >= 15 is 0 Å². The molecule has 0 unspecified atom stereocenters. The molecule has 0 aliphatic rings. The van der Waals surface area contributed by atoms with Crippen LogP contribution in [0.25, 0.3) is 0 Å². The molecule has 1 aromatic rings. The maximum absolute atomic E-state index is 12.1. The van der Waals surface area contributed by atoms with E-state index in [4.69, 9.17) is 11.6 Å². The molecule has 0 spiro atoms. The first-order valence-electron chi connectivity index (χ1n) is 2.06. The summed E-state index contributed by atoms with van der Waals surface area (Å²) in [6.07, 6.45) is 0. The average molecular weight is 233 g/mol. The summed E-state index contributed by atoms with van der Waals surface area (Å²) in [5.74, 6) is -0.850. The lowest BCUT2D eigenvalue weighted by Crippen LogP contribution is -2.01. The van der Waals surface area contributed by atoms with Gasteiger partial charge in [0.2, 0.25) is 0 Å². The van der Waals surface area contributed by atoms with Crippen LogP contribution in [0.2, 0.25) is 5.28 Å². The minimum Gasteiger partial charge on any atom is -0.330 e. The quantitative estimate of drug-likeness (QED) is 0.698. The van der Waals surface area contributed by atoms with E-state index in [1.165, 1.54) is 0 Å². The summed E-state index contributed by atoms with van der Waals surface area (Å²) in [5.41, 5.74) is 0. The van der Waals surface area contributed by atoms with Crippen LogP contribution in [0.3, 0.4) is 0 Å². The van der Waals surface area contributed by atoms with Gasteiger partial charge in [0, 0.05) is 15.9 Å². The van der Waals surface area contributed by atoms with Crippen molar-refractivity contribution in [3.63, 3.8) is 0 Å². The van der Waals surface area contributed by atoms with Gasteiger partial charge in [-0.3, -0.25) is 0 Å². The van der Waals surface area contributed by atoms with Gasteiger partial charge in [-0.1, -0.05) is 0 Å². The summed E-state index contributed by atoms with van der Waals surface area (Å²) >= 11 is 7.11. The molecule has 0 aliphatic heterocycles. The molecule has 0 saturated heterocycles. The summed E-state index contributed by atoms with van der Waals surface area (Å²) in [7, 11) is 0. The van der Waals surface area contributed by atoms with Crippen molar-refractivity contribution >= 4 is 27.5 Å². The first-order chi connectivity index (χ1) is 4.50. The first kappa shape index (κ1) is 7.87. The number of nitrogens with zero attached hydrogens (tertiary/aromatic N) is 2. The lowest BCUT2D eigenvalue weighted by molar-refractivity contribution is 0.0725. The Morgan fingerprint density at radius 3 is 2.40 bits per heavy atom. The predicted octanol–water partition coefficient (Wildman–Crippen LogP) is 2.17. The highest BCUT2D eigenvalue weighted by atomic mass is 79.9. The third-order valence-electron chi connectivity index (χ3n) is 0.644. The van der Waals surface area contributed by atoms with Gasteiger partial charge in [-0.05, 0) is 16.8 Å². The largest absolute Gasteiger partial charge is 0.378 e. The molecule has 1 heterocycles. The second kappa shape index (κ2) is 2.43. The number of aromatic nitrogens is 2. The molecule has 0 saturated carbocycles. The van der Waals surface area contributed by atoms with Crippen molar-refractivity contribution in [3.05, 3.63) is 11.2 Å². The third kappa shape index (κ3) is 1.63. The van der Waals surface area contributed by atoms with Crippen LogP contribution in [0.15, 0.2) is 4.52 Å². The summed E-state index contributed by atoms with van der Waals surface area (Å²) in [6.45, 7) is 0. The number of halogens is 4. The van der Waals surface area contributed by atoms with E-state index in [1.54, 1.807) is 0 Å². The molecule has 0 N–H and O–H groups in total. The van der Waals surface area contributed by atoms with Crippen LogP contribution in [0.5, 0.6) is 0 Å². The Balaban J connectivity index is 2.96. The van der Waals surface area contributed by atoms with Gasteiger partial charge in [-0.15, -0.1) is 0 Å². The number of alkyl halides is 3. The zero-order valence-corrected chi connectivity index (χ0v) is 6.66. The molecule has 0 bridgehead atoms. The number of hydrogen-bond acceptors (Lipinski definition) is 3. The van der Waals surface area contributed by atoms with E-state index in [2.05, 4.69) is 14.7 Å². The van der Waals surface area contributed by atoms with Crippen molar-refractivity contribution < 1.29 is 13.3 Å². The molecule has 3 nitrogen and oxygen atoms in total. The number of rotatable bonds is 1. The molecule has 0 radical (unpaired) electrons. The van der Waals surface area contributed by atoms with Gasteiger partial charge in [0.15, 0.2) is 0 Å². The smallest absolute Gasteiger partial charge is 0.330 e. The molecule has 56 valence electrons. The van der Waals surface area contributed by atoms with Crippen molar-refractivity contribution in [3.8, 4) is 0 Å². The van der Waals surface area contributed by atoms with Gasteiger partial charge < -0.3 is 4.52 Å². The third-order valence-corrected chi connectivity index (χ3v) is 1.14. The van der Waals surface area contributed by atoms with Crippen LogP contribution in [0.1, 0.15) is 5.89 Å². The molecule has 0 aliphatic carbocycles. The molecule has 0 amide bonds. The minimum atomic E-state index is -3.30. The van der Waals surface area contributed by atoms with E-state index in [9.17, 15) is 8.78 Å². The number of hydrogen-bond donors (Lipinski definition) is 0. The van der Waals surface area contributed by atoms with Crippen molar-refractivity contribution in [1.29, 1.82) is 0 Å². The summed E-state index contributed by atoms with van der Waals surface area (Å²) < 4.78 is 28.3. The Labute approximate surface area is 67.5 Å².